The maximum absolute atomic E-state index is 13.8. The largest absolute Gasteiger partial charge is 0.380 e. The number of hydrogen-bond donors (Lipinski definition) is 2. The molecule has 1 aromatic carbocycles. The first-order valence-electron chi connectivity index (χ1n) is 7.25. The van der Waals surface area contributed by atoms with Crippen molar-refractivity contribution in [2.24, 2.45) is 5.73 Å². The number of nitrogens with two attached hydrogens (primary N) is 1. The summed E-state index contributed by atoms with van der Waals surface area (Å²) in [4.78, 5) is 25.2. The van der Waals surface area contributed by atoms with Gasteiger partial charge < -0.3 is 20.7 Å². The van der Waals surface area contributed by atoms with Crippen molar-refractivity contribution in [2.45, 2.75) is 25.0 Å². The number of methoxy groups -OCH3 is 1. The lowest BCUT2D eigenvalue weighted by Gasteiger charge is -2.19. The Hall–Kier alpha value is -2.06. The first-order chi connectivity index (χ1) is 11.0. The fraction of sp³-hybridized carbons (Fsp3) is 0.467. The number of para-hydroxylation sites is 1. The standard InChI is InChI=1S/C15H19F2N3O3/c1-23-9(8-18)7-13(21)19-12-5-6-20(15(12)22)14-10(16)3-2-4-11(14)17/h2-4,9,12H,5-8,18H2,1H3,(H,19,21). The van der Waals surface area contributed by atoms with Crippen LogP contribution in [-0.4, -0.2) is 44.2 Å². The van der Waals surface area contributed by atoms with Crippen LogP contribution >= 0.6 is 0 Å². The minimum Gasteiger partial charge on any atom is -0.380 e. The highest BCUT2D eigenvalue weighted by Crippen LogP contribution is 2.27. The van der Waals surface area contributed by atoms with E-state index < -0.39 is 35.6 Å². The zero-order valence-corrected chi connectivity index (χ0v) is 12.7. The van der Waals surface area contributed by atoms with Gasteiger partial charge in [0.2, 0.25) is 11.8 Å². The summed E-state index contributed by atoms with van der Waals surface area (Å²) >= 11 is 0. The van der Waals surface area contributed by atoms with E-state index in [1.165, 1.54) is 13.2 Å². The van der Waals surface area contributed by atoms with Crippen LogP contribution in [0.3, 0.4) is 0 Å². The van der Waals surface area contributed by atoms with Crippen molar-refractivity contribution in [3.8, 4) is 0 Å². The molecule has 23 heavy (non-hydrogen) atoms. The number of rotatable bonds is 6. The summed E-state index contributed by atoms with van der Waals surface area (Å²) in [5.74, 6) is -2.55. The normalized spacial score (nSPS) is 19.0. The topological polar surface area (TPSA) is 84.7 Å². The molecule has 0 aliphatic carbocycles. The van der Waals surface area contributed by atoms with Crippen molar-refractivity contribution in [1.82, 2.24) is 5.32 Å². The average molecular weight is 327 g/mol. The number of nitrogens with one attached hydrogen (secondary N) is 1. The third-order valence-electron chi connectivity index (χ3n) is 3.76. The van der Waals surface area contributed by atoms with Crippen molar-refractivity contribution in [3.63, 3.8) is 0 Å². The number of benzene rings is 1. The fourth-order valence-electron chi connectivity index (χ4n) is 2.51. The number of nitrogens with zero attached hydrogens (tertiary/aromatic N) is 1. The fourth-order valence-corrected chi connectivity index (χ4v) is 2.51. The lowest BCUT2D eigenvalue weighted by atomic mass is 10.2. The van der Waals surface area contributed by atoms with E-state index in [4.69, 9.17) is 10.5 Å². The van der Waals surface area contributed by atoms with Gasteiger partial charge in [-0.3, -0.25) is 9.59 Å². The monoisotopic (exact) mass is 327 g/mol. The number of anilines is 1. The van der Waals surface area contributed by atoms with E-state index in [0.717, 1.165) is 17.0 Å². The van der Waals surface area contributed by atoms with Crippen molar-refractivity contribution in [1.29, 1.82) is 0 Å². The summed E-state index contributed by atoms with van der Waals surface area (Å²) in [6, 6.07) is 2.59. The van der Waals surface area contributed by atoms with Gasteiger partial charge in [-0.25, -0.2) is 8.78 Å². The summed E-state index contributed by atoms with van der Waals surface area (Å²) in [5.41, 5.74) is 5.05. The van der Waals surface area contributed by atoms with Crippen LogP contribution in [-0.2, 0) is 14.3 Å². The molecule has 0 saturated carbocycles. The molecule has 8 heteroatoms. The van der Waals surface area contributed by atoms with Gasteiger partial charge in [-0.15, -0.1) is 0 Å². The minimum atomic E-state index is -0.812. The number of halogens is 2. The maximum atomic E-state index is 13.8. The highest BCUT2D eigenvalue weighted by Gasteiger charge is 2.36. The predicted molar refractivity (Wildman–Crippen MR) is 79.7 cm³/mol. The number of carbonyl (C=O) groups is 2. The summed E-state index contributed by atoms with van der Waals surface area (Å²) < 4.78 is 32.6. The molecule has 1 fully saturated rings. The van der Waals surface area contributed by atoms with Crippen LogP contribution in [0.1, 0.15) is 12.8 Å². The molecule has 2 atom stereocenters. The zero-order chi connectivity index (χ0) is 17.0. The Morgan fingerprint density at radius 3 is 2.70 bits per heavy atom. The highest BCUT2D eigenvalue weighted by molar-refractivity contribution is 6.01. The Labute approximate surface area is 132 Å². The highest BCUT2D eigenvalue weighted by atomic mass is 19.1. The van der Waals surface area contributed by atoms with E-state index in [2.05, 4.69) is 5.32 Å². The quantitative estimate of drug-likeness (QED) is 0.799. The van der Waals surface area contributed by atoms with Gasteiger partial charge >= 0.3 is 0 Å². The Balaban J connectivity index is 2.03. The Morgan fingerprint density at radius 1 is 1.48 bits per heavy atom. The van der Waals surface area contributed by atoms with Crippen molar-refractivity contribution >= 4 is 17.5 Å². The minimum absolute atomic E-state index is 0.0187. The molecule has 0 bridgehead atoms. The van der Waals surface area contributed by atoms with Crippen LogP contribution in [0, 0.1) is 11.6 Å². The third-order valence-corrected chi connectivity index (χ3v) is 3.76. The number of hydrogen-bond acceptors (Lipinski definition) is 4. The average Bonchev–Trinajstić information content (AvgIpc) is 2.86. The predicted octanol–water partition coefficient (Wildman–Crippen LogP) is 0.550. The van der Waals surface area contributed by atoms with Gasteiger partial charge in [-0.1, -0.05) is 6.07 Å². The molecule has 6 nitrogen and oxygen atoms in total. The van der Waals surface area contributed by atoms with Crippen LogP contribution in [0.2, 0.25) is 0 Å². The maximum Gasteiger partial charge on any atom is 0.249 e. The zero-order valence-electron chi connectivity index (χ0n) is 12.7. The molecule has 0 spiro atoms. The van der Waals surface area contributed by atoms with Crippen LogP contribution in [0.15, 0.2) is 18.2 Å². The number of carbonyl (C=O) groups excluding carboxylic acids is 2. The van der Waals surface area contributed by atoms with Gasteiger partial charge in [-0.05, 0) is 18.6 Å². The number of ether oxygens (including phenoxy) is 1. The Morgan fingerprint density at radius 2 is 2.13 bits per heavy atom. The molecule has 1 aromatic rings. The Bertz CT molecular complexity index is 573. The summed E-state index contributed by atoms with van der Waals surface area (Å²) in [6.45, 7) is 0.307. The molecule has 1 aliphatic rings. The molecule has 1 aliphatic heterocycles. The third kappa shape index (κ3) is 3.83. The molecule has 0 aromatic heterocycles. The summed E-state index contributed by atoms with van der Waals surface area (Å²) in [5, 5.41) is 2.56. The molecule has 3 N–H and O–H groups in total. The molecule has 2 amide bonds. The number of amides is 2. The lowest BCUT2D eigenvalue weighted by Crippen LogP contribution is -2.43. The van der Waals surface area contributed by atoms with Crippen LogP contribution < -0.4 is 16.0 Å². The van der Waals surface area contributed by atoms with Gasteiger partial charge in [0.1, 0.15) is 23.4 Å². The molecular weight excluding hydrogens is 308 g/mol. The van der Waals surface area contributed by atoms with E-state index in [1.807, 2.05) is 0 Å². The molecule has 1 heterocycles. The van der Waals surface area contributed by atoms with Crippen LogP contribution in [0.5, 0.6) is 0 Å². The smallest absolute Gasteiger partial charge is 0.249 e. The van der Waals surface area contributed by atoms with Gasteiger partial charge in [0.25, 0.3) is 0 Å². The SMILES string of the molecule is COC(CN)CC(=O)NC1CCN(c2c(F)cccc2F)C1=O. The van der Waals surface area contributed by atoms with Crippen LogP contribution in [0.4, 0.5) is 14.5 Å². The second-order valence-corrected chi connectivity index (χ2v) is 5.27. The van der Waals surface area contributed by atoms with Gasteiger partial charge in [0.05, 0.1) is 12.5 Å². The van der Waals surface area contributed by atoms with Gasteiger partial charge in [-0.2, -0.15) is 0 Å². The van der Waals surface area contributed by atoms with E-state index in [9.17, 15) is 18.4 Å². The molecule has 126 valence electrons. The van der Waals surface area contributed by atoms with E-state index in [-0.39, 0.29) is 31.6 Å². The lowest BCUT2D eigenvalue weighted by molar-refractivity contribution is -0.128. The summed E-state index contributed by atoms with van der Waals surface area (Å²) in [7, 11) is 1.44. The van der Waals surface area contributed by atoms with Gasteiger partial charge in [0, 0.05) is 20.2 Å². The van der Waals surface area contributed by atoms with E-state index in [1.54, 1.807) is 0 Å². The van der Waals surface area contributed by atoms with Gasteiger partial charge in [0.15, 0.2) is 0 Å². The first-order valence-corrected chi connectivity index (χ1v) is 7.25. The van der Waals surface area contributed by atoms with Crippen molar-refractivity contribution in [3.05, 3.63) is 29.8 Å². The van der Waals surface area contributed by atoms with Crippen LogP contribution in [0.25, 0.3) is 0 Å². The Kier molecular flexibility index (Phi) is 5.62. The van der Waals surface area contributed by atoms with Crippen molar-refractivity contribution < 1.29 is 23.1 Å². The van der Waals surface area contributed by atoms with Crippen molar-refractivity contribution in [2.75, 3.05) is 25.1 Å². The molecule has 0 radical (unpaired) electrons. The molecule has 2 unspecified atom stereocenters. The molecular formula is C15H19F2N3O3. The van der Waals surface area contributed by atoms with E-state index >= 15 is 0 Å². The van der Waals surface area contributed by atoms with E-state index in [0.29, 0.717) is 0 Å². The second-order valence-electron chi connectivity index (χ2n) is 5.27. The molecule has 1 saturated heterocycles. The molecule has 2 rings (SSSR count). The first kappa shape index (κ1) is 17.3. The summed E-state index contributed by atoms with van der Waals surface area (Å²) in [6.07, 6.45) is -0.143. The second kappa shape index (κ2) is 7.47.